The maximum absolute atomic E-state index is 7.72. The van der Waals surface area contributed by atoms with Gasteiger partial charge >= 0.3 is 0 Å². The zero-order valence-electron chi connectivity index (χ0n) is 7.36. The number of hydrogen-bond acceptors (Lipinski definition) is 2. The first kappa shape index (κ1) is 8.73. The molecule has 1 aromatic carbocycles. The van der Waals surface area contributed by atoms with Crippen LogP contribution in [0.15, 0.2) is 12.1 Å². The van der Waals surface area contributed by atoms with E-state index in [1.165, 1.54) is 0 Å². The zero-order chi connectivity index (χ0) is 9.42. The van der Waals surface area contributed by atoms with Crippen molar-refractivity contribution in [1.82, 2.24) is 0 Å². The van der Waals surface area contributed by atoms with Crippen molar-refractivity contribution < 1.29 is 4.74 Å². The van der Waals surface area contributed by atoms with Gasteiger partial charge < -0.3 is 10.1 Å². The lowest BCUT2D eigenvalue weighted by atomic mass is 9.97. The molecule has 0 bridgehead atoms. The van der Waals surface area contributed by atoms with Crippen molar-refractivity contribution in [2.24, 2.45) is 0 Å². The third kappa shape index (κ3) is 1.36. The molecule has 0 unspecified atom stereocenters. The molecule has 0 aromatic heterocycles. The van der Waals surface area contributed by atoms with E-state index in [1.54, 1.807) is 0 Å². The fraction of sp³-hybridized carbons (Fsp3) is 0.300. The number of benzene rings is 1. The summed E-state index contributed by atoms with van der Waals surface area (Å²) in [6, 6.07) is 3.80. The quantitative estimate of drug-likeness (QED) is 0.678. The van der Waals surface area contributed by atoms with E-state index >= 15 is 0 Å². The zero-order valence-corrected chi connectivity index (χ0v) is 8.11. The summed E-state index contributed by atoms with van der Waals surface area (Å²) in [5.41, 5.74) is 3.56. The molecular weight excluding hydrogens is 186 g/mol. The van der Waals surface area contributed by atoms with Gasteiger partial charge in [-0.1, -0.05) is 17.7 Å². The first-order chi connectivity index (χ1) is 6.20. The SMILES string of the molecule is Cc1ccc(Cl)c2c1C(=N)COC2. The molecule has 2 rings (SSSR count). The van der Waals surface area contributed by atoms with Gasteiger partial charge in [-0.15, -0.1) is 0 Å². The van der Waals surface area contributed by atoms with Gasteiger partial charge in [0.05, 0.1) is 18.9 Å². The summed E-state index contributed by atoms with van der Waals surface area (Å²) in [4.78, 5) is 0. The molecule has 0 saturated heterocycles. The van der Waals surface area contributed by atoms with E-state index < -0.39 is 0 Å². The van der Waals surface area contributed by atoms with Gasteiger partial charge in [0.2, 0.25) is 0 Å². The summed E-state index contributed by atoms with van der Waals surface area (Å²) in [7, 11) is 0. The van der Waals surface area contributed by atoms with Crippen LogP contribution < -0.4 is 0 Å². The lowest BCUT2D eigenvalue weighted by molar-refractivity contribution is 0.151. The van der Waals surface area contributed by atoms with Gasteiger partial charge in [-0.05, 0) is 18.6 Å². The van der Waals surface area contributed by atoms with Crippen LogP contribution in [0.4, 0.5) is 0 Å². The highest BCUT2D eigenvalue weighted by molar-refractivity contribution is 6.32. The van der Waals surface area contributed by atoms with Gasteiger partial charge in [-0.3, -0.25) is 0 Å². The van der Waals surface area contributed by atoms with Gasteiger partial charge in [-0.25, -0.2) is 0 Å². The van der Waals surface area contributed by atoms with E-state index in [1.807, 2.05) is 19.1 Å². The largest absolute Gasteiger partial charge is 0.370 e. The Balaban J connectivity index is 2.67. The molecule has 0 amide bonds. The fourth-order valence-corrected chi connectivity index (χ4v) is 1.84. The Morgan fingerprint density at radius 3 is 2.85 bits per heavy atom. The van der Waals surface area contributed by atoms with Crippen molar-refractivity contribution >= 4 is 17.3 Å². The topological polar surface area (TPSA) is 33.1 Å². The third-order valence-corrected chi connectivity index (χ3v) is 2.61. The Hall–Kier alpha value is -0.860. The van der Waals surface area contributed by atoms with Gasteiger partial charge in [-0.2, -0.15) is 0 Å². The van der Waals surface area contributed by atoms with Gasteiger partial charge in [0.25, 0.3) is 0 Å². The molecule has 1 aliphatic heterocycles. The lowest BCUT2D eigenvalue weighted by Crippen LogP contribution is -2.19. The van der Waals surface area contributed by atoms with Crippen molar-refractivity contribution in [3.63, 3.8) is 0 Å². The minimum Gasteiger partial charge on any atom is -0.370 e. The summed E-state index contributed by atoms with van der Waals surface area (Å²) in [6.07, 6.45) is 0. The monoisotopic (exact) mass is 195 g/mol. The highest BCUT2D eigenvalue weighted by atomic mass is 35.5. The standard InChI is InChI=1S/C10H10ClNO/c1-6-2-3-8(11)7-4-13-5-9(12)10(6)7/h2-3,12H,4-5H2,1H3. The second-order valence-electron chi connectivity index (χ2n) is 3.19. The number of halogens is 1. The van der Waals surface area contributed by atoms with Crippen molar-refractivity contribution in [3.05, 3.63) is 33.8 Å². The fourth-order valence-electron chi connectivity index (χ4n) is 1.63. The number of ether oxygens (including phenoxy) is 1. The average Bonchev–Trinajstić information content (AvgIpc) is 2.12. The molecule has 0 atom stereocenters. The summed E-state index contributed by atoms with van der Waals surface area (Å²) < 4.78 is 5.24. The molecule has 1 aliphatic rings. The van der Waals surface area contributed by atoms with Gasteiger partial charge in [0.1, 0.15) is 0 Å². The predicted octanol–water partition coefficient (Wildman–Crippen LogP) is 2.55. The van der Waals surface area contributed by atoms with Crippen LogP contribution >= 0.6 is 11.6 Å². The van der Waals surface area contributed by atoms with E-state index in [0.717, 1.165) is 16.7 Å². The Kier molecular flexibility index (Phi) is 2.10. The summed E-state index contributed by atoms with van der Waals surface area (Å²) in [5, 5.41) is 8.42. The maximum Gasteiger partial charge on any atom is 0.0891 e. The van der Waals surface area contributed by atoms with Crippen LogP contribution in [0.1, 0.15) is 16.7 Å². The Bertz CT molecular complexity index is 373. The van der Waals surface area contributed by atoms with Gasteiger partial charge in [0.15, 0.2) is 0 Å². The molecule has 13 heavy (non-hydrogen) atoms. The number of rotatable bonds is 0. The Labute approximate surface area is 82.0 Å². The van der Waals surface area contributed by atoms with E-state index in [-0.39, 0.29) is 0 Å². The molecule has 3 heteroatoms. The number of hydrogen-bond donors (Lipinski definition) is 1. The third-order valence-electron chi connectivity index (χ3n) is 2.26. The van der Waals surface area contributed by atoms with Crippen molar-refractivity contribution in [2.45, 2.75) is 13.5 Å². The molecule has 0 saturated carbocycles. The van der Waals surface area contributed by atoms with Crippen LogP contribution in [-0.2, 0) is 11.3 Å². The number of fused-ring (bicyclic) bond motifs is 1. The number of nitrogens with one attached hydrogen (secondary N) is 1. The molecule has 1 heterocycles. The van der Waals surface area contributed by atoms with E-state index in [2.05, 4.69) is 0 Å². The molecule has 0 radical (unpaired) electrons. The molecule has 1 N–H and O–H groups in total. The van der Waals surface area contributed by atoms with Crippen LogP contribution in [-0.4, -0.2) is 12.3 Å². The van der Waals surface area contributed by atoms with Crippen LogP contribution in [0.25, 0.3) is 0 Å². The molecule has 0 aliphatic carbocycles. The van der Waals surface area contributed by atoms with Crippen LogP contribution in [0.2, 0.25) is 5.02 Å². The minimum absolute atomic E-state index is 0.397. The molecule has 68 valence electrons. The summed E-state index contributed by atoms with van der Waals surface area (Å²) in [6.45, 7) is 2.92. The average molecular weight is 196 g/mol. The van der Waals surface area contributed by atoms with Gasteiger partial charge in [0, 0.05) is 16.1 Å². The maximum atomic E-state index is 7.72. The van der Waals surface area contributed by atoms with Crippen LogP contribution in [0.3, 0.4) is 0 Å². The molecule has 1 aromatic rings. The Morgan fingerprint density at radius 2 is 2.15 bits per heavy atom. The van der Waals surface area contributed by atoms with Crippen molar-refractivity contribution in [3.8, 4) is 0 Å². The lowest BCUT2D eigenvalue weighted by Gasteiger charge is -2.20. The normalized spacial score (nSPS) is 15.7. The second kappa shape index (κ2) is 3.13. The number of aryl methyl sites for hydroxylation is 1. The van der Waals surface area contributed by atoms with Crippen molar-refractivity contribution in [2.75, 3.05) is 6.61 Å². The van der Waals surface area contributed by atoms with Crippen molar-refractivity contribution in [1.29, 1.82) is 5.41 Å². The minimum atomic E-state index is 0.397. The van der Waals surface area contributed by atoms with E-state index in [9.17, 15) is 0 Å². The smallest absolute Gasteiger partial charge is 0.0891 e. The first-order valence-corrected chi connectivity index (χ1v) is 4.51. The summed E-state index contributed by atoms with van der Waals surface area (Å²) >= 11 is 6.00. The predicted molar refractivity (Wildman–Crippen MR) is 52.7 cm³/mol. The van der Waals surface area contributed by atoms with Crippen LogP contribution in [0.5, 0.6) is 0 Å². The summed E-state index contributed by atoms with van der Waals surface area (Å²) in [5.74, 6) is 0. The highest BCUT2D eigenvalue weighted by Crippen LogP contribution is 2.27. The van der Waals surface area contributed by atoms with E-state index in [0.29, 0.717) is 23.9 Å². The first-order valence-electron chi connectivity index (χ1n) is 4.13. The highest BCUT2D eigenvalue weighted by Gasteiger charge is 2.18. The molecule has 0 spiro atoms. The molecule has 2 nitrogen and oxygen atoms in total. The van der Waals surface area contributed by atoms with Crippen LogP contribution in [0, 0.1) is 12.3 Å². The van der Waals surface area contributed by atoms with E-state index in [4.69, 9.17) is 21.7 Å². The molecular formula is C10H10ClNO. The second-order valence-corrected chi connectivity index (χ2v) is 3.60. The Morgan fingerprint density at radius 1 is 1.38 bits per heavy atom. The molecule has 0 fully saturated rings.